The van der Waals surface area contributed by atoms with Crippen LogP contribution in [0.15, 0.2) is 84.9 Å². The molecule has 3 aromatic carbocycles. The zero-order chi connectivity index (χ0) is 17.8. The van der Waals surface area contributed by atoms with Crippen LogP contribution >= 0.6 is 11.6 Å². The lowest BCUT2D eigenvalue weighted by Gasteiger charge is -2.09. The average molecular weight is 349 g/mol. The molecule has 0 bridgehead atoms. The van der Waals surface area contributed by atoms with Gasteiger partial charge in [0.15, 0.2) is 0 Å². The monoisotopic (exact) mass is 348 g/mol. The van der Waals surface area contributed by atoms with Crippen LogP contribution in [-0.4, -0.2) is 5.97 Å². The Morgan fingerprint density at radius 2 is 1.52 bits per heavy atom. The number of rotatable bonds is 4. The van der Waals surface area contributed by atoms with Crippen molar-refractivity contribution in [1.29, 1.82) is 0 Å². The lowest BCUT2D eigenvalue weighted by molar-refractivity contribution is -0.130. The second kappa shape index (κ2) is 7.37. The van der Waals surface area contributed by atoms with E-state index in [1.165, 1.54) is 0 Å². The van der Waals surface area contributed by atoms with E-state index < -0.39 is 5.97 Å². The summed E-state index contributed by atoms with van der Waals surface area (Å²) in [4.78, 5) is 11.5. The number of ether oxygens (including phenoxy) is 1. The van der Waals surface area contributed by atoms with E-state index >= 15 is 0 Å². The maximum absolute atomic E-state index is 11.5. The first-order chi connectivity index (χ1) is 12.0. The average Bonchev–Trinajstić information content (AvgIpc) is 2.63. The molecule has 0 saturated heterocycles. The van der Waals surface area contributed by atoms with Crippen LogP contribution in [0.1, 0.15) is 6.92 Å². The molecule has 0 heterocycles. The Balaban J connectivity index is 1.84. The minimum absolute atomic E-state index is 0.368. The smallest absolute Gasteiger partial charge is 0.338 e. The molecule has 3 rings (SSSR count). The van der Waals surface area contributed by atoms with Gasteiger partial charge in [-0.3, -0.25) is 0 Å². The topological polar surface area (TPSA) is 26.3 Å². The van der Waals surface area contributed by atoms with Crippen LogP contribution in [0.5, 0.6) is 5.75 Å². The summed E-state index contributed by atoms with van der Waals surface area (Å²) in [6, 6.07) is 23.3. The van der Waals surface area contributed by atoms with Gasteiger partial charge in [0.2, 0.25) is 0 Å². The van der Waals surface area contributed by atoms with E-state index in [2.05, 4.69) is 6.58 Å². The third-order valence-corrected chi connectivity index (χ3v) is 4.11. The fourth-order valence-corrected chi connectivity index (χ4v) is 2.75. The molecule has 0 aliphatic rings. The second-order valence-corrected chi connectivity index (χ2v) is 6.16. The molecule has 25 heavy (non-hydrogen) atoms. The molecule has 0 spiro atoms. The fraction of sp³-hybridized carbons (Fsp3) is 0.0455. The second-order valence-electron chi connectivity index (χ2n) is 5.75. The molecule has 0 saturated carbocycles. The van der Waals surface area contributed by atoms with Gasteiger partial charge in [-0.2, -0.15) is 0 Å². The number of hydrogen-bond donors (Lipinski definition) is 0. The van der Waals surface area contributed by atoms with Crippen molar-refractivity contribution in [3.05, 3.63) is 90.0 Å². The highest BCUT2D eigenvalue weighted by Gasteiger charge is 2.08. The standard InChI is InChI=1S/C22H17ClO2/c1-15(2)22(24)25-19-11-8-16(9-12-19)18-10-13-20(21(23)14-18)17-6-4-3-5-7-17/h3-14H,1H2,2H3. The van der Waals surface area contributed by atoms with Crippen LogP contribution in [-0.2, 0) is 4.79 Å². The van der Waals surface area contributed by atoms with Crippen molar-refractivity contribution >= 4 is 17.6 Å². The van der Waals surface area contributed by atoms with Crippen molar-refractivity contribution in [2.45, 2.75) is 6.92 Å². The third kappa shape index (κ3) is 3.98. The summed E-state index contributed by atoms with van der Waals surface area (Å²) in [5.41, 5.74) is 4.45. The zero-order valence-corrected chi connectivity index (χ0v) is 14.6. The molecular weight excluding hydrogens is 332 g/mol. The molecule has 3 aromatic rings. The summed E-state index contributed by atoms with van der Waals surface area (Å²) in [7, 11) is 0. The van der Waals surface area contributed by atoms with Gasteiger partial charge in [0, 0.05) is 16.2 Å². The van der Waals surface area contributed by atoms with Gasteiger partial charge >= 0.3 is 5.97 Å². The van der Waals surface area contributed by atoms with Crippen LogP contribution in [0, 0.1) is 0 Å². The molecule has 0 unspecified atom stereocenters. The zero-order valence-electron chi connectivity index (χ0n) is 13.8. The lowest BCUT2D eigenvalue weighted by atomic mass is 10.00. The minimum atomic E-state index is -0.428. The predicted octanol–water partition coefficient (Wildman–Crippen LogP) is 6.16. The quantitative estimate of drug-likeness (QED) is 0.321. The summed E-state index contributed by atoms with van der Waals surface area (Å²) >= 11 is 6.47. The first kappa shape index (κ1) is 17.0. The summed E-state index contributed by atoms with van der Waals surface area (Å²) in [6.45, 7) is 5.19. The van der Waals surface area contributed by atoms with Crippen LogP contribution < -0.4 is 4.74 Å². The van der Waals surface area contributed by atoms with Gasteiger partial charge in [-0.1, -0.05) is 72.8 Å². The third-order valence-electron chi connectivity index (χ3n) is 3.80. The Bertz CT molecular complexity index is 913. The fourth-order valence-electron chi connectivity index (χ4n) is 2.46. The van der Waals surface area contributed by atoms with Gasteiger partial charge in [0.05, 0.1) is 0 Å². The number of hydrogen-bond acceptors (Lipinski definition) is 2. The molecule has 0 aliphatic heterocycles. The van der Waals surface area contributed by atoms with Gasteiger partial charge in [-0.05, 0) is 41.8 Å². The maximum atomic E-state index is 11.5. The van der Waals surface area contributed by atoms with Crippen molar-refractivity contribution in [2.75, 3.05) is 0 Å². The first-order valence-electron chi connectivity index (χ1n) is 7.87. The molecule has 0 atom stereocenters. The number of carbonyl (C=O) groups is 1. The normalized spacial score (nSPS) is 10.3. The van der Waals surface area contributed by atoms with E-state index in [1.807, 2.05) is 60.7 Å². The molecule has 0 radical (unpaired) electrons. The molecule has 0 fully saturated rings. The Kier molecular flexibility index (Phi) is 5.01. The van der Waals surface area contributed by atoms with Crippen molar-refractivity contribution in [2.24, 2.45) is 0 Å². The number of carbonyl (C=O) groups excluding carboxylic acids is 1. The Labute approximate surface area is 152 Å². The Morgan fingerprint density at radius 1 is 0.880 bits per heavy atom. The molecule has 0 aromatic heterocycles. The van der Waals surface area contributed by atoms with Crippen LogP contribution in [0.25, 0.3) is 22.3 Å². The SMILES string of the molecule is C=C(C)C(=O)Oc1ccc(-c2ccc(-c3ccccc3)c(Cl)c2)cc1. The summed E-state index contributed by atoms with van der Waals surface area (Å²) in [6.07, 6.45) is 0. The summed E-state index contributed by atoms with van der Waals surface area (Å²) in [5, 5.41) is 0.696. The molecular formula is C22H17ClO2. The summed E-state index contributed by atoms with van der Waals surface area (Å²) < 4.78 is 5.20. The predicted molar refractivity (Wildman–Crippen MR) is 103 cm³/mol. The van der Waals surface area contributed by atoms with E-state index in [9.17, 15) is 4.79 Å². The molecule has 0 N–H and O–H groups in total. The van der Waals surface area contributed by atoms with E-state index in [4.69, 9.17) is 16.3 Å². The Morgan fingerprint density at radius 3 is 2.12 bits per heavy atom. The van der Waals surface area contributed by atoms with E-state index in [1.54, 1.807) is 19.1 Å². The lowest BCUT2D eigenvalue weighted by Crippen LogP contribution is -2.07. The van der Waals surface area contributed by atoms with Crippen LogP contribution in [0.4, 0.5) is 0 Å². The summed E-state index contributed by atoms with van der Waals surface area (Å²) in [5.74, 6) is 0.0618. The van der Waals surface area contributed by atoms with Crippen molar-refractivity contribution in [1.82, 2.24) is 0 Å². The highest BCUT2D eigenvalue weighted by molar-refractivity contribution is 6.33. The van der Waals surface area contributed by atoms with Gasteiger partial charge in [0.1, 0.15) is 5.75 Å². The largest absolute Gasteiger partial charge is 0.423 e. The number of benzene rings is 3. The highest BCUT2D eigenvalue weighted by Crippen LogP contribution is 2.32. The van der Waals surface area contributed by atoms with Gasteiger partial charge in [0.25, 0.3) is 0 Å². The molecule has 0 aliphatic carbocycles. The van der Waals surface area contributed by atoms with Crippen molar-refractivity contribution in [3.63, 3.8) is 0 Å². The molecule has 0 amide bonds. The van der Waals surface area contributed by atoms with Crippen molar-refractivity contribution in [3.8, 4) is 28.0 Å². The van der Waals surface area contributed by atoms with Crippen LogP contribution in [0.3, 0.4) is 0 Å². The molecule has 2 nitrogen and oxygen atoms in total. The van der Waals surface area contributed by atoms with Crippen LogP contribution in [0.2, 0.25) is 5.02 Å². The first-order valence-corrected chi connectivity index (χ1v) is 8.25. The van der Waals surface area contributed by atoms with E-state index in [0.29, 0.717) is 16.3 Å². The minimum Gasteiger partial charge on any atom is -0.423 e. The Hall–Kier alpha value is -2.84. The van der Waals surface area contributed by atoms with Gasteiger partial charge in [-0.25, -0.2) is 4.79 Å². The highest BCUT2D eigenvalue weighted by atomic mass is 35.5. The van der Waals surface area contributed by atoms with Crippen molar-refractivity contribution < 1.29 is 9.53 Å². The van der Waals surface area contributed by atoms with Gasteiger partial charge < -0.3 is 4.74 Å². The number of halogens is 1. The van der Waals surface area contributed by atoms with E-state index in [-0.39, 0.29) is 0 Å². The number of esters is 1. The van der Waals surface area contributed by atoms with E-state index in [0.717, 1.165) is 22.3 Å². The molecule has 124 valence electrons. The van der Waals surface area contributed by atoms with Gasteiger partial charge in [-0.15, -0.1) is 0 Å². The maximum Gasteiger partial charge on any atom is 0.338 e. The molecule has 3 heteroatoms.